The first-order valence-corrected chi connectivity index (χ1v) is 6.86. The molecular formula is C17H14O5. The largest absolute Gasteiger partial charge is 0.422 e. The molecule has 0 spiro atoms. The smallest absolute Gasteiger partial charge is 0.331 e. The highest BCUT2D eigenvalue weighted by molar-refractivity contribution is 6.22. The van der Waals surface area contributed by atoms with Crippen LogP contribution in [0.25, 0.3) is 10.8 Å². The van der Waals surface area contributed by atoms with Gasteiger partial charge in [-0.2, -0.15) is 0 Å². The fourth-order valence-corrected chi connectivity index (χ4v) is 2.44. The van der Waals surface area contributed by atoms with Gasteiger partial charge in [0.15, 0.2) is 5.78 Å². The summed E-state index contributed by atoms with van der Waals surface area (Å²) in [5.41, 5.74) is 0.275. The molecule has 0 saturated carbocycles. The number of fused-ring (bicyclic) bond motifs is 1. The molecule has 3 rings (SSSR count). The Labute approximate surface area is 126 Å². The van der Waals surface area contributed by atoms with Crippen molar-refractivity contribution in [3.05, 3.63) is 48.0 Å². The number of ether oxygens (including phenoxy) is 2. The van der Waals surface area contributed by atoms with Crippen molar-refractivity contribution in [3.8, 4) is 0 Å². The van der Waals surface area contributed by atoms with E-state index in [1.165, 1.54) is 13.8 Å². The molecule has 1 aliphatic heterocycles. The summed E-state index contributed by atoms with van der Waals surface area (Å²) in [5.74, 6) is -5.27. The first-order valence-electron chi connectivity index (χ1n) is 6.86. The lowest BCUT2D eigenvalue weighted by atomic mass is 9.95. The molecule has 0 radical (unpaired) electrons. The van der Waals surface area contributed by atoms with E-state index in [4.69, 9.17) is 9.47 Å². The zero-order valence-corrected chi connectivity index (χ0v) is 12.2. The van der Waals surface area contributed by atoms with Gasteiger partial charge in [-0.3, -0.25) is 14.4 Å². The van der Waals surface area contributed by atoms with Gasteiger partial charge >= 0.3 is 11.9 Å². The van der Waals surface area contributed by atoms with Gasteiger partial charge in [-0.05, 0) is 16.8 Å². The Morgan fingerprint density at radius 1 is 0.955 bits per heavy atom. The van der Waals surface area contributed by atoms with Crippen LogP contribution in [-0.4, -0.2) is 23.5 Å². The number of benzene rings is 2. The van der Waals surface area contributed by atoms with Gasteiger partial charge in [0.05, 0.1) is 0 Å². The summed E-state index contributed by atoms with van der Waals surface area (Å²) in [6, 6.07) is 12.5. The van der Waals surface area contributed by atoms with E-state index in [9.17, 15) is 14.4 Å². The Morgan fingerprint density at radius 3 is 2.18 bits per heavy atom. The standard InChI is InChI=1S/C17H14O5/c1-17(2)21-15(19)13(16(20)22-17)14(18)12-8-7-10-5-3-4-6-11(10)9-12/h3-9,13H,1-2H3. The van der Waals surface area contributed by atoms with Crippen LogP contribution in [0.15, 0.2) is 42.5 Å². The molecule has 0 atom stereocenters. The average molecular weight is 298 g/mol. The number of rotatable bonds is 2. The van der Waals surface area contributed by atoms with Crippen LogP contribution in [0.3, 0.4) is 0 Å². The second kappa shape index (κ2) is 4.94. The fourth-order valence-electron chi connectivity index (χ4n) is 2.44. The topological polar surface area (TPSA) is 69.7 Å². The number of carbonyl (C=O) groups is 3. The predicted molar refractivity (Wildman–Crippen MR) is 78.0 cm³/mol. The second-order valence-electron chi connectivity index (χ2n) is 5.60. The summed E-state index contributed by atoms with van der Waals surface area (Å²) in [7, 11) is 0. The molecule has 0 bridgehead atoms. The first kappa shape index (κ1) is 14.3. The lowest BCUT2D eigenvalue weighted by Crippen LogP contribution is -2.49. The van der Waals surface area contributed by atoms with E-state index in [1.54, 1.807) is 18.2 Å². The molecule has 1 aliphatic rings. The zero-order chi connectivity index (χ0) is 15.9. The average Bonchev–Trinajstić information content (AvgIpc) is 2.44. The number of hydrogen-bond acceptors (Lipinski definition) is 5. The molecule has 22 heavy (non-hydrogen) atoms. The van der Waals surface area contributed by atoms with Crippen molar-refractivity contribution in [2.45, 2.75) is 19.6 Å². The van der Waals surface area contributed by atoms with Gasteiger partial charge < -0.3 is 9.47 Å². The highest BCUT2D eigenvalue weighted by Crippen LogP contribution is 2.26. The van der Waals surface area contributed by atoms with Crippen molar-refractivity contribution in [1.29, 1.82) is 0 Å². The Hall–Kier alpha value is -2.69. The molecule has 1 saturated heterocycles. The number of cyclic esters (lactones) is 2. The molecule has 0 aromatic heterocycles. The molecule has 2 aromatic carbocycles. The van der Waals surface area contributed by atoms with Crippen molar-refractivity contribution in [3.63, 3.8) is 0 Å². The molecule has 0 N–H and O–H groups in total. The van der Waals surface area contributed by atoms with Gasteiger partial charge in [0.1, 0.15) is 0 Å². The van der Waals surface area contributed by atoms with Crippen molar-refractivity contribution in [1.82, 2.24) is 0 Å². The molecule has 0 amide bonds. The summed E-state index contributed by atoms with van der Waals surface area (Å²) in [4.78, 5) is 36.4. The lowest BCUT2D eigenvalue weighted by Gasteiger charge is -2.32. The van der Waals surface area contributed by atoms with Crippen molar-refractivity contribution < 1.29 is 23.9 Å². The second-order valence-corrected chi connectivity index (χ2v) is 5.60. The van der Waals surface area contributed by atoms with E-state index >= 15 is 0 Å². The predicted octanol–water partition coefficient (Wildman–Crippen LogP) is 2.47. The van der Waals surface area contributed by atoms with Crippen LogP contribution < -0.4 is 0 Å². The SMILES string of the molecule is CC1(C)OC(=O)C(C(=O)c2ccc3ccccc3c2)C(=O)O1. The van der Waals surface area contributed by atoms with E-state index in [0.717, 1.165) is 10.8 Å². The minimum atomic E-state index is -1.56. The van der Waals surface area contributed by atoms with Gasteiger partial charge in [0.2, 0.25) is 5.92 Å². The van der Waals surface area contributed by atoms with Gasteiger partial charge in [-0.15, -0.1) is 0 Å². The summed E-state index contributed by atoms with van der Waals surface area (Å²) >= 11 is 0. The molecule has 1 fully saturated rings. The number of carbonyl (C=O) groups excluding carboxylic acids is 3. The molecule has 0 unspecified atom stereocenters. The number of ketones is 1. The van der Waals surface area contributed by atoms with E-state index in [1.807, 2.05) is 24.3 Å². The van der Waals surface area contributed by atoms with Gasteiger partial charge in [-0.25, -0.2) is 0 Å². The minimum absolute atomic E-state index is 0.275. The maximum Gasteiger partial charge on any atom is 0.331 e. The normalized spacial score (nSPS) is 17.9. The zero-order valence-electron chi connectivity index (χ0n) is 12.2. The number of Topliss-reactive ketones (excluding diaryl/α,β-unsaturated/α-hetero) is 1. The molecule has 2 aromatic rings. The Balaban J connectivity index is 1.95. The van der Waals surface area contributed by atoms with Crippen LogP contribution in [0.2, 0.25) is 0 Å². The van der Waals surface area contributed by atoms with Crippen LogP contribution in [0, 0.1) is 5.92 Å². The molecule has 5 heteroatoms. The third kappa shape index (κ3) is 2.45. The monoisotopic (exact) mass is 298 g/mol. The molecule has 0 aliphatic carbocycles. The van der Waals surface area contributed by atoms with E-state index in [-0.39, 0.29) is 5.56 Å². The molecule has 112 valence electrons. The van der Waals surface area contributed by atoms with Crippen molar-refractivity contribution in [2.24, 2.45) is 5.92 Å². The maximum absolute atomic E-state index is 12.5. The van der Waals surface area contributed by atoms with Gasteiger partial charge in [0, 0.05) is 19.4 Å². The Bertz CT molecular complexity index is 770. The van der Waals surface area contributed by atoms with E-state index in [0.29, 0.717) is 0 Å². The molecular weight excluding hydrogens is 284 g/mol. The van der Waals surface area contributed by atoms with Crippen LogP contribution in [0.4, 0.5) is 0 Å². The van der Waals surface area contributed by atoms with Crippen LogP contribution >= 0.6 is 0 Å². The third-order valence-corrected chi connectivity index (χ3v) is 3.46. The van der Waals surface area contributed by atoms with E-state index < -0.39 is 29.4 Å². The van der Waals surface area contributed by atoms with Crippen LogP contribution in [-0.2, 0) is 19.1 Å². The summed E-state index contributed by atoms with van der Waals surface area (Å²) < 4.78 is 9.97. The Morgan fingerprint density at radius 2 is 1.55 bits per heavy atom. The van der Waals surface area contributed by atoms with Gasteiger partial charge in [-0.1, -0.05) is 36.4 Å². The maximum atomic E-state index is 12.5. The van der Waals surface area contributed by atoms with Crippen LogP contribution in [0.5, 0.6) is 0 Å². The molecule has 5 nitrogen and oxygen atoms in total. The summed E-state index contributed by atoms with van der Waals surface area (Å²) in [5, 5.41) is 1.82. The minimum Gasteiger partial charge on any atom is -0.422 e. The highest BCUT2D eigenvalue weighted by atomic mass is 16.7. The van der Waals surface area contributed by atoms with E-state index in [2.05, 4.69) is 0 Å². The molecule has 1 heterocycles. The highest BCUT2D eigenvalue weighted by Gasteiger charge is 2.47. The summed E-state index contributed by atoms with van der Waals surface area (Å²) in [6.07, 6.45) is 0. The fraction of sp³-hybridized carbons (Fsp3) is 0.235. The Kier molecular flexibility index (Phi) is 3.20. The lowest BCUT2D eigenvalue weighted by molar-refractivity contribution is -0.236. The van der Waals surface area contributed by atoms with Crippen molar-refractivity contribution >= 4 is 28.5 Å². The summed E-state index contributed by atoms with van der Waals surface area (Å²) in [6.45, 7) is 2.89. The number of esters is 2. The van der Waals surface area contributed by atoms with Crippen molar-refractivity contribution in [2.75, 3.05) is 0 Å². The third-order valence-electron chi connectivity index (χ3n) is 3.46. The first-order chi connectivity index (χ1) is 10.4. The quantitative estimate of drug-likeness (QED) is 0.484. The number of hydrogen-bond donors (Lipinski definition) is 0. The van der Waals surface area contributed by atoms with Crippen LogP contribution in [0.1, 0.15) is 24.2 Å². The van der Waals surface area contributed by atoms with Gasteiger partial charge in [0.25, 0.3) is 5.79 Å².